The second kappa shape index (κ2) is 8.34. The van der Waals surface area contributed by atoms with Gasteiger partial charge in [0, 0.05) is 0 Å². The molecule has 0 radical (unpaired) electrons. The van der Waals surface area contributed by atoms with Crippen molar-refractivity contribution in [2.24, 2.45) is 0 Å². The topological polar surface area (TPSA) is 35.5 Å². The SMILES string of the molecule is C=Cc1ccc(OCCC(=O)OCCCC)cc1. The molecule has 0 saturated heterocycles. The predicted octanol–water partition coefficient (Wildman–Crippen LogP) is 3.44. The molecular weight excluding hydrogens is 228 g/mol. The van der Waals surface area contributed by atoms with Gasteiger partial charge in [-0.05, 0) is 24.1 Å². The monoisotopic (exact) mass is 248 g/mol. The first-order valence-electron chi connectivity index (χ1n) is 6.27. The zero-order valence-corrected chi connectivity index (χ0v) is 10.9. The van der Waals surface area contributed by atoms with Crippen molar-refractivity contribution in [3.63, 3.8) is 0 Å². The summed E-state index contributed by atoms with van der Waals surface area (Å²) in [4.78, 5) is 11.3. The van der Waals surface area contributed by atoms with Gasteiger partial charge in [0.2, 0.25) is 0 Å². The van der Waals surface area contributed by atoms with Gasteiger partial charge >= 0.3 is 5.97 Å². The Morgan fingerprint density at radius 3 is 2.61 bits per heavy atom. The molecule has 0 bridgehead atoms. The van der Waals surface area contributed by atoms with E-state index >= 15 is 0 Å². The molecule has 1 aromatic rings. The fraction of sp³-hybridized carbons (Fsp3) is 0.400. The zero-order valence-electron chi connectivity index (χ0n) is 10.9. The van der Waals surface area contributed by atoms with E-state index < -0.39 is 0 Å². The summed E-state index contributed by atoms with van der Waals surface area (Å²) in [5.74, 6) is 0.549. The predicted molar refractivity (Wildman–Crippen MR) is 72.5 cm³/mol. The van der Waals surface area contributed by atoms with E-state index in [1.165, 1.54) is 0 Å². The first-order chi connectivity index (χ1) is 8.76. The molecule has 0 heterocycles. The highest BCUT2D eigenvalue weighted by atomic mass is 16.5. The summed E-state index contributed by atoms with van der Waals surface area (Å²) in [5, 5.41) is 0. The molecule has 0 atom stereocenters. The smallest absolute Gasteiger partial charge is 0.309 e. The lowest BCUT2D eigenvalue weighted by atomic mass is 10.2. The Kier molecular flexibility index (Phi) is 6.62. The molecule has 0 N–H and O–H groups in total. The summed E-state index contributed by atoms with van der Waals surface area (Å²) in [6.07, 6.45) is 4.00. The molecule has 3 nitrogen and oxygen atoms in total. The fourth-order valence-corrected chi connectivity index (χ4v) is 1.35. The number of esters is 1. The summed E-state index contributed by atoms with van der Waals surface area (Å²) in [7, 11) is 0. The first kappa shape index (κ1) is 14.3. The van der Waals surface area contributed by atoms with Crippen LogP contribution in [-0.2, 0) is 9.53 Å². The number of carbonyl (C=O) groups is 1. The minimum Gasteiger partial charge on any atom is -0.493 e. The van der Waals surface area contributed by atoms with Crippen LogP contribution in [0, 0.1) is 0 Å². The third-order valence-electron chi connectivity index (χ3n) is 2.45. The Morgan fingerprint density at radius 2 is 2.00 bits per heavy atom. The van der Waals surface area contributed by atoms with Crippen molar-refractivity contribution >= 4 is 12.0 Å². The maximum atomic E-state index is 11.3. The average molecular weight is 248 g/mol. The summed E-state index contributed by atoms with van der Waals surface area (Å²) in [6.45, 7) is 6.59. The molecule has 98 valence electrons. The van der Waals surface area contributed by atoms with Gasteiger partial charge in [0.05, 0.1) is 19.6 Å². The van der Waals surface area contributed by atoms with E-state index in [0.717, 1.165) is 24.2 Å². The molecule has 0 aliphatic heterocycles. The molecule has 0 saturated carbocycles. The third kappa shape index (κ3) is 5.53. The van der Waals surface area contributed by atoms with Crippen molar-refractivity contribution in [1.29, 1.82) is 0 Å². The van der Waals surface area contributed by atoms with E-state index in [0.29, 0.717) is 13.2 Å². The van der Waals surface area contributed by atoms with Crippen LogP contribution in [-0.4, -0.2) is 19.2 Å². The second-order valence-electron chi connectivity index (χ2n) is 3.95. The normalized spacial score (nSPS) is 9.83. The quantitative estimate of drug-likeness (QED) is 0.522. The highest BCUT2D eigenvalue weighted by Crippen LogP contribution is 2.12. The largest absolute Gasteiger partial charge is 0.493 e. The molecule has 0 fully saturated rings. The zero-order chi connectivity index (χ0) is 13.2. The Morgan fingerprint density at radius 1 is 1.28 bits per heavy atom. The van der Waals surface area contributed by atoms with Gasteiger partial charge in [-0.3, -0.25) is 4.79 Å². The fourth-order valence-electron chi connectivity index (χ4n) is 1.35. The van der Waals surface area contributed by atoms with Gasteiger partial charge < -0.3 is 9.47 Å². The molecule has 1 aromatic carbocycles. The van der Waals surface area contributed by atoms with Crippen LogP contribution < -0.4 is 4.74 Å². The van der Waals surface area contributed by atoms with Gasteiger partial charge in [0.25, 0.3) is 0 Å². The van der Waals surface area contributed by atoms with Crippen LogP contribution in [0.25, 0.3) is 6.08 Å². The first-order valence-corrected chi connectivity index (χ1v) is 6.27. The maximum absolute atomic E-state index is 11.3. The lowest BCUT2D eigenvalue weighted by Gasteiger charge is -2.06. The Labute approximate surface area is 108 Å². The van der Waals surface area contributed by atoms with Crippen LogP contribution >= 0.6 is 0 Å². The van der Waals surface area contributed by atoms with Gasteiger partial charge in [-0.1, -0.05) is 38.1 Å². The number of benzene rings is 1. The van der Waals surface area contributed by atoms with E-state index in [-0.39, 0.29) is 12.4 Å². The van der Waals surface area contributed by atoms with E-state index in [1.807, 2.05) is 24.3 Å². The molecule has 3 heteroatoms. The van der Waals surface area contributed by atoms with Crippen molar-refractivity contribution in [3.8, 4) is 5.75 Å². The lowest BCUT2D eigenvalue weighted by Crippen LogP contribution is -2.10. The summed E-state index contributed by atoms with van der Waals surface area (Å²) in [5.41, 5.74) is 1.04. The Hall–Kier alpha value is -1.77. The van der Waals surface area contributed by atoms with Gasteiger partial charge in [0.15, 0.2) is 0 Å². The Balaban J connectivity index is 2.20. The number of unbranched alkanes of at least 4 members (excludes halogenated alkanes) is 1. The van der Waals surface area contributed by atoms with E-state index in [9.17, 15) is 4.79 Å². The van der Waals surface area contributed by atoms with Gasteiger partial charge in [-0.25, -0.2) is 0 Å². The third-order valence-corrected chi connectivity index (χ3v) is 2.45. The Bertz CT molecular complexity index is 368. The number of hydrogen-bond donors (Lipinski definition) is 0. The number of hydrogen-bond acceptors (Lipinski definition) is 3. The van der Waals surface area contributed by atoms with Crippen molar-refractivity contribution < 1.29 is 14.3 Å². The van der Waals surface area contributed by atoms with Crippen LogP contribution in [0.1, 0.15) is 31.7 Å². The van der Waals surface area contributed by atoms with Crippen molar-refractivity contribution in [2.75, 3.05) is 13.2 Å². The van der Waals surface area contributed by atoms with Crippen molar-refractivity contribution in [3.05, 3.63) is 36.4 Å². The summed E-state index contributed by atoms with van der Waals surface area (Å²) >= 11 is 0. The van der Waals surface area contributed by atoms with Crippen LogP contribution in [0.3, 0.4) is 0 Å². The molecule has 0 aliphatic rings. The van der Waals surface area contributed by atoms with Crippen molar-refractivity contribution in [2.45, 2.75) is 26.2 Å². The summed E-state index contributed by atoms with van der Waals surface area (Å²) in [6, 6.07) is 7.56. The highest BCUT2D eigenvalue weighted by molar-refractivity contribution is 5.69. The van der Waals surface area contributed by atoms with Crippen molar-refractivity contribution in [1.82, 2.24) is 0 Å². The molecule has 0 amide bonds. The van der Waals surface area contributed by atoms with E-state index in [2.05, 4.69) is 13.5 Å². The number of ether oxygens (including phenoxy) is 2. The van der Waals surface area contributed by atoms with Crippen LogP contribution in [0.15, 0.2) is 30.8 Å². The minimum absolute atomic E-state index is 0.203. The van der Waals surface area contributed by atoms with Gasteiger partial charge in [-0.15, -0.1) is 0 Å². The standard InChI is InChI=1S/C15H20O3/c1-3-5-11-18-15(16)10-12-17-14-8-6-13(4-2)7-9-14/h4,6-9H,2-3,5,10-12H2,1H3. The number of rotatable bonds is 8. The summed E-state index contributed by atoms with van der Waals surface area (Å²) < 4.78 is 10.5. The van der Waals surface area contributed by atoms with Gasteiger partial charge in [-0.2, -0.15) is 0 Å². The van der Waals surface area contributed by atoms with Crippen LogP contribution in [0.4, 0.5) is 0 Å². The maximum Gasteiger partial charge on any atom is 0.309 e. The molecule has 1 rings (SSSR count). The van der Waals surface area contributed by atoms with Crippen LogP contribution in [0.2, 0.25) is 0 Å². The molecule has 0 spiro atoms. The van der Waals surface area contributed by atoms with E-state index in [4.69, 9.17) is 9.47 Å². The highest BCUT2D eigenvalue weighted by Gasteiger charge is 2.02. The van der Waals surface area contributed by atoms with Crippen LogP contribution in [0.5, 0.6) is 5.75 Å². The van der Waals surface area contributed by atoms with E-state index in [1.54, 1.807) is 6.08 Å². The molecular formula is C15H20O3. The molecule has 0 unspecified atom stereocenters. The molecule has 18 heavy (non-hydrogen) atoms. The lowest BCUT2D eigenvalue weighted by molar-refractivity contribution is -0.144. The second-order valence-corrected chi connectivity index (χ2v) is 3.95. The average Bonchev–Trinajstić information content (AvgIpc) is 2.40. The number of carbonyl (C=O) groups excluding carboxylic acids is 1. The molecule has 0 aliphatic carbocycles. The minimum atomic E-state index is -0.203. The molecule has 0 aromatic heterocycles. The van der Waals surface area contributed by atoms with Gasteiger partial charge in [0.1, 0.15) is 5.75 Å².